The van der Waals surface area contributed by atoms with E-state index in [1.54, 1.807) is 17.0 Å². The first kappa shape index (κ1) is 21.2. The van der Waals surface area contributed by atoms with Crippen LogP contribution in [0.25, 0.3) is 0 Å². The number of benzene rings is 1. The molecule has 2 aliphatic heterocycles. The van der Waals surface area contributed by atoms with Gasteiger partial charge >= 0.3 is 16.5 Å². The molecule has 1 unspecified atom stereocenters. The fourth-order valence-corrected chi connectivity index (χ4v) is 4.25. The van der Waals surface area contributed by atoms with Gasteiger partial charge in [-0.1, -0.05) is 16.0 Å². The topological polar surface area (TPSA) is 130 Å². The number of piperidine rings is 2. The van der Waals surface area contributed by atoms with E-state index in [9.17, 15) is 26.7 Å². The average molecular weight is 428 g/mol. The number of nitrogens with one attached hydrogen (secondary N) is 1. The highest BCUT2D eigenvalue weighted by atomic mass is 32.3. The van der Waals surface area contributed by atoms with Gasteiger partial charge in [0.05, 0.1) is 12.5 Å². The molecule has 2 heterocycles. The number of carboxylic acids is 1. The number of imide groups is 1. The van der Waals surface area contributed by atoms with E-state index < -0.39 is 28.3 Å². The molecule has 9 nitrogen and oxygen atoms in total. The van der Waals surface area contributed by atoms with Crippen LogP contribution in [0, 0.1) is 0 Å². The fraction of sp³-hybridized carbons (Fsp3) is 0.500. The predicted molar refractivity (Wildman–Crippen MR) is 98.3 cm³/mol. The summed E-state index contributed by atoms with van der Waals surface area (Å²) in [5.74, 6) is -2.80. The number of halogens is 1. The number of rotatable bonds is 6. The van der Waals surface area contributed by atoms with Gasteiger partial charge in [0.25, 0.3) is 0 Å². The molecule has 158 valence electrons. The van der Waals surface area contributed by atoms with Gasteiger partial charge in [-0.05, 0) is 55.5 Å². The third-order valence-corrected chi connectivity index (χ3v) is 5.63. The highest BCUT2D eigenvalue weighted by Crippen LogP contribution is 2.38. The van der Waals surface area contributed by atoms with Gasteiger partial charge in [0.2, 0.25) is 11.8 Å². The number of carbonyl (C=O) groups excluding carboxylic acids is 2. The van der Waals surface area contributed by atoms with Crippen LogP contribution in [0.4, 0.5) is 3.89 Å². The molecule has 0 aromatic heterocycles. The van der Waals surface area contributed by atoms with Gasteiger partial charge in [-0.2, -0.15) is 8.42 Å². The molecule has 3 rings (SSSR count). The molecular formula is C18H21FN2O7S. The average Bonchev–Trinajstić information content (AvgIpc) is 2.61. The lowest BCUT2D eigenvalue weighted by Crippen LogP contribution is -2.39. The number of carbonyl (C=O) groups is 3. The van der Waals surface area contributed by atoms with Crippen molar-refractivity contribution in [3.05, 3.63) is 29.3 Å². The first-order valence-corrected chi connectivity index (χ1v) is 10.5. The zero-order chi connectivity index (χ0) is 21.2. The Bertz CT molecular complexity index is 926. The summed E-state index contributed by atoms with van der Waals surface area (Å²) in [6.07, 6.45) is 1.51. The smallest absolute Gasteiger partial charge is 0.480 e. The number of hydrogen-bond donors (Lipinski definition) is 2. The van der Waals surface area contributed by atoms with Crippen molar-refractivity contribution in [3.63, 3.8) is 0 Å². The van der Waals surface area contributed by atoms with Crippen LogP contribution in [0.2, 0.25) is 0 Å². The molecule has 2 saturated heterocycles. The van der Waals surface area contributed by atoms with Crippen molar-refractivity contribution in [3.8, 4) is 5.75 Å². The van der Waals surface area contributed by atoms with Gasteiger partial charge in [0.15, 0.2) is 0 Å². The Labute approximate surface area is 167 Å². The lowest BCUT2D eigenvalue weighted by Gasteiger charge is -2.31. The third kappa shape index (κ3) is 5.51. The van der Waals surface area contributed by atoms with E-state index in [1.807, 2.05) is 0 Å². The Morgan fingerprint density at radius 2 is 1.93 bits per heavy atom. The van der Waals surface area contributed by atoms with E-state index in [-0.39, 0.29) is 37.0 Å². The first-order chi connectivity index (χ1) is 13.6. The summed E-state index contributed by atoms with van der Waals surface area (Å²) >= 11 is 0. The summed E-state index contributed by atoms with van der Waals surface area (Å²) in [5.41, 5.74) is 0.915. The molecule has 1 aromatic carbocycles. The normalized spacial score (nSPS) is 21.6. The van der Waals surface area contributed by atoms with E-state index in [4.69, 9.17) is 5.11 Å². The first-order valence-electron chi connectivity index (χ1n) is 9.18. The largest absolute Gasteiger partial charge is 0.488 e. The van der Waals surface area contributed by atoms with Crippen LogP contribution in [0.3, 0.4) is 0 Å². The summed E-state index contributed by atoms with van der Waals surface area (Å²) in [6, 6.07) is 4.59. The van der Waals surface area contributed by atoms with E-state index in [1.165, 1.54) is 6.07 Å². The molecule has 1 aromatic rings. The highest BCUT2D eigenvalue weighted by molar-refractivity contribution is 7.81. The van der Waals surface area contributed by atoms with Crippen molar-refractivity contribution < 1.29 is 36.0 Å². The zero-order valence-electron chi connectivity index (χ0n) is 15.5. The molecule has 2 fully saturated rings. The maximum atomic E-state index is 13.3. The molecule has 0 spiro atoms. The second-order valence-electron chi connectivity index (χ2n) is 7.22. The van der Waals surface area contributed by atoms with E-state index in [2.05, 4.69) is 9.50 Å². The number of hydrogen-bond acceptors (Lipinski definition) is 7. The quantitative estimate of drug-likeness (QED) is 0.508. The van der Waals surface area contributed by atoms with Crippen molar-refractivity contribution in [2.24, 2.45) is 0 Å². The molecule has 11 heteroatoms. The molecule has 1 atom stereocenters. The van der Waals surface area contributed by atoms with Gasteiger partial charge in [0, 0.05) is 6.42 Å². The van der Waals surface area contributed by atoms with Gasteiger partial charge in [-0.3, -0.25) is 24.6 Å². The van der Waals surface area contributed by atoms with Crippen molar-refractivity contribution in [1.29, 1.82) is 0 Å². The molecule has 29 heavy (non-hydrogen) atoms. The molecule has 0 bridgehead atoms. The second kappa shape index (κ2) is 8.46. The van der Waals surface area contributed by atoms with Gasteiger partial charge in [-0.25, -0.2) is 0 Å². The summed E-state index contributed by atoms with van der Waals surface area (Å²) in [7, 11) is -5.28. The number of aliphatic carboxylic acids is 1. The van der Waals surface area contributed by atoms with Crippen molar-refractivity contribution in [2.45, 2.75) is 37.5 Å². The van der Waals surface area contributed by atoms with Crippen LogP contribution in [0.5, 0.6) is 5.75 Å². The Morgan fingerprint density at radius 1 is 1.24 bits per heavy atom. The minimum Gasteiger partial charge on any atom is -0.480 e. The SMILES string of the molecule is O=C(O)CN1CCC(c2ccc(C3CCC(=O)NC3=O)cc2OS(=O)(=O)F)CC1. The van der Waals surface area contributed by atoms with Crippen LogP contribution in [-0.4, -0.2) is 55.8 Å². The molecule has 2 amide bonds. The highest BCUT2D eigenvalue weighted by Gasteiger charge is 2.31. The van der Waals surface area contributed by atoms with Gasteiger partial charge in [0.1, 0.15) is 5.75 Å². The molecular weight excluding hydrogens is 407 g/mol. The van der Waals surface area contributed by atoms with Crippen LogP contribution in [-0.2, 0) is 24.9 Å². The number of carboxylic acid groups (broad SMARTS) is 1. The summed E-state index contributed by atoms with van der Waals surface area (Å²) in [6.45, 7) is 0.907. The standard InChI is InChI=1S/C18H21FN2O7S/c19-29(26,27)28-15-9-12(14-3-4-16(22)20-18(14)25)1-2-13(15)11-5-7-21(8-6-11)10-17(23)24/h1-2,9,11,14H,3-8,10H2,(H,23,24)(H,20,22,25). The minimum atomic E-state index is -5.28. The van der Waals surface area contributed by atoms with Gasteiger partial charge < -0.3 is 9.29 Å². The summed E-state index contributed by atoms with van der Waals surface area (Å²) in [5, 5.41) is 11.1. The van der Waals surface area contributed by atoms with Crippen LogP contribution >= 0.6 is 0 Å². The number of likely N-dealkylation sites (tertiary alicyclic amines) is 1. The van der Waals surface area contributed by atoms with E-state index >= 15 is 0 Å². The Balaban J connectivity index is 1.84. The van der Waals surface area contributed by atoms with Crippen molar-refractivity contribution in [2.75, 3.05) is 19.6 Å². The van der Waals surface area contributed by atoms with E-state index in [0.29, 0.717) is 37.1 Å². The summed E-state index contributed by atoms with van der Waals surface area (Å²) in [4.78, 5) is 36.0. The Kier molecular flexibility index (Phi) is 6.18. The minimum absolute atomic E-state index is 0.0800. The van der Waals surface area contributed by atoms with Crippen LogP contribution in [0.1, 0.15) is 48.6 Å². The van der Waals surface area contributed by atoms with E-state index in [0.717, 1.165) is 0 Å². The Morgan fingerprint density at radius 3 is 2.52 bits per heavy atom. The van der Waals surface area contributed by atoms with Crippen LogP contribution < -0.4 is 9.50 Å². The molecule has 0 radical (unpaired) electrons. The van der Waals surface area contributed by atoms with Crippen molar-refractivity contribution >= 4 is 28.3 Å². The lowest BCUT2D eigenvalue weighted by atomic mass is 9.85. The maximum Gasteiger partial charge on any atom is 0.488 e. The lowest BCUT2D eigenvalue weighted by molar-refractivity contribution is -0.138. The van der Waals surface area contributed by atoms with Crippen molar-refractivity contribution in [1.82, 2.24) is 10.2 Å². The monoisotopic (exact) mass is 428 g/mol. The molecule has 2 N–H and O–H groups in total. The van der Waals surface area contributed by atoms with Gasteiger partial charge in [-0.15, -0.1) is 0 Å². The molecule has 0 aliphatic carbocycles. The maximum absolute atomic E-state index is 13.3. The fourth-order valence-electron chi connectivity index (χ4n) is 3.89. The summed E-state index contributed by atoms with van der Waals surface area (Å²) < 4.78 is 40.1. The number of amides is 2. The Hall–Kier alpha value is -2.53. The zero-order valence-corrected chi connectivity index (χ0v) is 16.3. The second-order valence-corrected chi connectivity index (χ2v) is 8.17. The molecule has 2 aliphatic rings. The third-order valence-electron chi connectivity index (χ3n) is 5.25. The van der Waals surface area contributed by atoms with Crippen LogP contribution in [0.15, 0.2) is 18.2 Å². The molecule has 0 saturated carbocycles. The number of nitrogens with zero attached hydrogens (tertiary/aromatic N) is 1. The predicted octanol–water partition coefficient (Wildman–Crippen LogP) is 1.06.